The minimum Gasteiger partial charge on any atom is -0.333 e. The van der Waals surface area contributed by atoms with Crippen LogP contribution in [0.1, 0.15) is 41.2 Å². The van der Waals surface area contributed by atoms with Crippen LogP contribution in [0.2, 0.25) is 0 Å². The van der Waals surface area contributed by atoms with Crippen LogP contribution in [-0.2, 0) is 6.42 Å². The van der Waals surface area contributed by atoms with Gasteiger partial charge in [-0.3, -0.25) is 4.72 Å². The van der Waals surface area contributed by atoms with Gasteiger partial charge in [-0.25, -0.2) is 0 Å². The molecule has 0 heterocycles. The third-order valence-electron chi connectivity index (χ3n) is 4.05. The van der Waals surface area contributed by atoms with Crippen LogP contribution in [0, 0.1) is 20.8 Å². The quantitative estimate of drug-likeness (QED) is 0.648. The molecule has 0 aliphatic carbocycles. The van der Waals surface area contributed by atoms with Crippen LogP contribution in [0.5, 0.6) is 0 Å². The molecule has 0 aliphatic heterocycles. The highest BCUT2D eigenvalue weighted by Gasteiger charge is 2.08. The molecule has 0 radical (unpaired) electrons. The van der Waals surface area contributed by atoms with Gasteiger partial charge in [-0.15, -0.1) is 0 Å². The van der Waals surface area contributed by atoms with E-state index in [9.17, 15) is 0 Å². The molecule has 1 atom stereocenters. The topological polar surface area (TPSA) is 38.0 Å². The predicted molar refractivity (Wildman–Crippen MR) is 114 cm³/mol. The third kappa shape index (κ3) is 7.07. The zero-order chi connectivity index (χ0) is 18.8. The molecule has 0 aliphatic rings. The van der Waals surface area contributed by atoms with Gasteiger partial charge in [0.25, 0.3) is 0 Å². The zero-order valence-electron chi connectivity index (χ0n) is 16.2. The molecule has 3 heteroatoms. The summed E-state index contributed by atoms with van der Waals surface area (Å²) in [5.74, 6) is 0. The molecule has 2 aromatic carbocycles. The van der Waals surface area contributed by atoms with Crippen LogP contribution in [-0.4, -0.2) is 13.1 Å². The Kier molecular flexibility index (Phi) is 9.58. The van der Waals surface area contributed by atoms with Gasteiger partial charge in [0.2, 0.25) is 0 Å². The normalized spacial score (nSPS) is 11.4. The maximum Gasteiger partial charge on any atom is 0.0286 e. The molecule has 3 N–H and O–H groups in total. The summed E-state index contributed by atoms with van der Waals surface area (Å²) >= 11 is 1.77. The molecular weight excluding hydrogens is 324 g/mol. The number of rotatable bonds is 7. The van der Waals surface area contributed by atoms with E-state index in [1.54, 1.807) is 11.9 Å². The predicted octanol–water partition coefficient (Wildman–Crippen LogP) is 5.45. The molecule has 0 bridgehead atoms. The first-order valence-electron chi connectivity index (χ1n) is 8.79. The van der Waals surface area contributed by atoms with Crippen molar-refractivity contribution in [3.63, 3.8) is 0 Å². The first-order chi connectivity index (χ1) is 12.0. The van der Waals surface area contributed by atoms with E-state index in [1.165, 1.54) is 39.8 Å². The van der Waals surface area contributed by atoms with Crippen molar-refractivity contribution >= 4 is 18.0 Å². The molecule has 2 aromatic rings. The van der Waals surface area contributed by atoms with Crippen molar-refractivity contribution < 1.29 is 0 Å². The Morgan fingerprint density at radius 3 is 2.16 bits per heavy atom. The van der Waals surface area contributed by atoms with E-state index in [-0.39, 0.29) is 0 Å². The largest absolute Gasteiger partial charge is 0.333 e. The lowest BCUT2D eigenvalue weighted by Crippen LogP contribution is -2.20. The van der Waals surface area contributed by atoms with E-state index >= 15 is 0 Å². The SMILES string of the molecule is C=Cc1ccc(CCC(C)NSc2c(C)cc(C)cc2C)cc1.CN. The highest BCUT2D eigenvalue weighted by atomic mass is 32.2. The van der Waals surface area contributed by atoms with Crippen LogP contribution in [0.25, 0.3) is 6.08 Å². The number of hydrogen-bond acceptors (Lipinski definition) is 3. The Balaban J connectivity index is 0.00000151. The van der Waals surface area contributed by atoms with Crippen molar-refractivity contribution in [2.75, 3.05) is 7.05 Å². The first kappa shape index (κ1) is 21.5. The number of nitrogens with one attached hydrogen (secondary N) is 1. The summed E-state index contributed by atoms with van der Waals surface area (Å²) in [5, 5.41) is 0. The average molecular weight is 357 g/mol. The van der Waals surface area contributed by atoms with E-state index in [0.717, 1.165) is 12.8 Å². The Morgan fingerprint density at radius 2 is 1.64 bits per heavy atom. The van der Waals surface area contributed by atoms with Crippen LogP contribution in [0.4, 0.5) is 0 Å². The van der Waals surface area contributed by atoms with Gasteiger partial charge in [0.1, 0.15) is 0 Å². The van der Waals surface area contributed by atoms with E-state index < -0.39 is 0 Å². The van der Waals surface area contributed by atoms with Crippen molar-refractivity contribution in [3.8, 4) is 0 Å². The molecule has 0 saturated heterocycles. The summed E-state index contributed by atoms with van der Waals surface area (Å²) in [7, 11) is 1.50. The smallest absolute Gasteiger partial charge is 0.0286 e. The van der Waals surface area contributed by atoms with Gasteiger partial charge in [0, 0.05) is 10.9 Å². The molecule has 0 saturated carbocycles. The number of nitrogens with two attached hydrogens (primary N) is 1. The molecule has 0 spiro atoms. The minimum absolute atomic E-state index is 0.471. The van der Waals surface area contributed by atoms with Gasteiger partial charge in [0.15, 0.2) is 0 Å². The van der Waals surface area contributed by atoms with Gasteiger partial charge < -0.3 is 5.73 Å². The summed E-state index contributed by atoms with van der Waals surface area (Å²) in [4.78, 5) is 1.36. The maximum atomic E-state index is 4.50. The molecule has 2 nitrogen and oxygen atoms in total. The second-order valence-corrected chi connectivity index (χ2v) is 7.18. The molecule has 0 amide bonds. The molecule has 0 aromatic heterocycles. The fourth-order valence-corrected chi connectivity index (χ4v) is 3.63. The highest BCUT2D eigenvalue weighted by molar-refractivity contribution is 7.97. The minimum atomic E-state index is 0.471. The summed E-state index contributed by atoms with van der Waals surface area (Å²) < 4.78 is 3.59. The van der Waals surface area contributed by atoms with Crippen molar-refractivity contribution in [3.05, 3.63) is 70.8 Å². The van der Waals surface area contributed by atoms with Crippen LogP contribution in [0.15, 0.2) is 47.9 Å². The van der Waals surface area contributed by atoms with E-state index in [2.05, 4.69) is 81.1 Å². The molecule has 2 rings (SSSR count). The fraction of sp³-hybridized carbons (Fsp3) is 0.364. The number of aryl methyl sites for hydroxylation is 4. The molecule has 1 unspecified atom stereocenters. The second kappa shape index (κ2) is 11.1. The lowest BCUT2D eigenvalue weighted by atomic mass is 10.0. The zero-order valence-corrected chi connectivity index (χ0v) is 17.0. The molecular formula is C22H32N2S. The summed E-state index contributed by atoms with van der Waals surface area (Å²) in [6.45, 7) is 12.6. The number of benzene rings is 2. The van der Waals surface area contributed by atoms with E-state index in [4.69, 9.17) is 0 Å². The standard InChI is InChI=1S/C21H27NS.CH5N/c1-6-19-9-11-20(12-10-19)8-7-18(5)22-23-21-16(3)13-15(2)14-17(21)4;1-2/h6,9-14,18,22H,1,7-8H2,2-5H3;2H2,1H3. The monoisotopic (exact) mass is 356 g/mol. The van der Waals surface area contributed by atoms with Crippen LogP contribution >= 0.6 is 11.9 Å². The second-order valence-electron chi connectivity index (χ2n) is 6.33. The summed E-state index contributed by atoms with van der Waals surface area (Å²) in [6, 6.07) is 13.6. The number of hydrogen-bond donors (Lipinski definition) is 2. The van der Waals surface area contributed by atoms with Crippen molar-refractivity contribution in [2.24, 2.45) is 5.73 Å². The Labute approximate surface area is 158 Å². The average Bonchev–Trinajstić information content (AvgIpc) is 2.61. The van der Waals surface area contributed by atoms with E-state index in [1.807, 2.05) is 6.08 Å². The van der Waals surface area contributed by atoms with Gasteiger partial charge in [-0.2, -0.15) is 0 Å². The van der Waals surface area contributed by atoms with Crippen molar-refractivity contribution in [1.29, 1.82) is 0 Å². The molecule has 25 heavy (non-hydrogen) atoms. The van der Waals surface area contributed by atoms with Gasteiger partial charge in [-0.05, 0) is 81.8 Å². The van der Waals surface area contributed by atoms with E-state index in [0.29, 0.717) is 6.04 Å². The van der Waals surface area contributed by atoms with Gasteiger partial charge >= 0.3 is 0 Å². The Morgan fingerprint density at radius 1 is 1.08 bits per heavy atom. The molecule has 136 valence electrons. The lowest BCUT2D eigenvalue weighted by molar-refractivity contribution is 0.628. The summed E-state index contributed by atoms with van der Waals surface area (Å²) in [5.41, 5.74) is 11.1. The fourth-order valence-electron chi connectivity index (χ4n) is 2.75. The maximum absolute atomic E-state index is 4.50. The van der Waals surface area contributed by atoms with Gasteiger partial charge in [-0.1, -0.05) is 54.6 Å². The van der Waals surface area contributed by atoms with Crippen LogP contribution in [0.3, 0.4) is 0 Å². The Bertz CT molecular complexity index is 639. The summed E-state index contributed by atoms with van der Waals surface area (Å²) in [6.07, 6.45) is 4.11. The molecule has 0 fully saturated rings. The first-order valence-corrected chi connectivity index (χ1v) is 9.60. The Hall–Kier alpha value is -1.55. The lowest BCUT2D eigenvalue weighted by Gasteiger charge is -2.16. The van der Waals surface area contributed by atoms with Crippen molar-refractivity contribution in [1.82, 2.24) is 4.72 Å². The third-order valence-corrected chi connectivity index (χ3v) is 5.42. The van der Waals surface area contributed by atoms with Gasteiger partial charge in [0.05, 0.1) is 0 Å². The highest BCUT2D eigenvalue weighted by Crippen LogP contribution is 2.26. The van der Waals surface area contributed by atoms with Crippen molar-refractivity contribution in [2.45, 2.75) is 51.5 Å². The van der Waals surface area contributed by atoms with Crippen LogP contribution < -0.4 is 10.5 Å².